The van der Waals surface area contributed by atoms with Gasteiger partial charge in [-0.3, -0.25) is 4.90 Å². The number of nitrogens with zero attached hydrogens (tertiary/aromatic N) is 1. The van der Waals surface area contributed by atoms with E-state index in [9.17, 15) is 9.18 Å². The van der Waals surface area contributed by atoms with Gasteiger partial charge in [0.2, 0.25) is 5.67 Å². The topological polar surface area (TPSA) is 29.5 Å². The average Bonchev–Trinajstić information content (AvgIpc) is 2.91. The number of alkyl halides is 1. The van der Waals surface area contributed by atoms with Gasteiger partial charge in [0.05, 0.1) is 13.1 Å². The van der Waals surface area contributed by atoms with Gasteiger partial charge in [-0.15, -0.1) is 6.42 Å². The molecule has 0 saturated carbocycles. The van der Waals surface area contributed by atoms with Gasteiger partial charge in [-0.2, -0.15) is 0 Å². The fourth-order valence-electron chi connectivity index (χ4n) is 3.46. The van der Waals surface area contributed by atoms with E-state index in [-0.39, 0.29) is 25.6 Å². The summed E-state index contributed by atoms with van der Waals surface area (Å²) in [4.78, 5) is 13.4. The van der Waals surface area contributed by atoms with Crippen LogP contribution in [0.15, 0.2) is 48.5 Å². The number of ether oxygens (including phenoxy) is 1. The molecule has 1 aliphatic carbocycles. The number of hydrogen-bond acceptors (Lipinski definition) is 2. The molecule has 0 spiro atoms. The Morgan fingerprint density at radius 3 is 2.25 bits per heavy atom. The summed E-state index contributed by atoms with van der Waals surface area (Å²) in [5.74, 6) is 2.07. The lowest BCUT2D eigenvalue weighted by Crippen LogP contribution is -2.60. The standard InChI is InChI=1S/C20H16FNO2/c1-2-20(21)12-22(13-20)19(23)24-11-18-16-9-5-3-7-14(16)15-8-4-6-10-17(15)18/h1,3-10,18H,11-13H2. The van der Waals surface area contributed by atoms with Crippen molar-refractivity contribution in [2.24, 2.45) is 0 Å². The van der Waals surface area contributed by atoms with Crippen molar-refractivity contribution >= 4 is 6.09 Å². The Morgan fingerprint density at radius 1 is 1.17 bits per heavy atom. The quantitative estimate of drug-likeness (QED) is 0.791. The highest BCUT2D eigenvalue weighted by atomic mass is 19.1. The highest BCUT2D eigenvalue weighted by molar-refractivity contribution is 5.79. The molecule has 0 radical (unpaired) electrons. The molecule has 3 nitrogen and oxygen atoms in total. The van der Waals surface area contributed by atoms with Gasteiger partial charge < -0.3 is 4.74 Å². The molecule has 2 aromatic rings. The molecule has 1 amide bonds. The Hall–Kier alpha value is -2.80. The lowest BCUT2D eigenvalue weighted by Gasteiger charge is -2.40. The van der Waals surface area contributed by atoms with Crippen LogP contribution in [0.3, 0.4) is 0 Å². The zero-order valence-corrected chi connectivity index (χ0v) is 13.0. The summed E-state index contributed by atoms with van der Waals surface area (Å²) >= 11 is 0. The van der Waals surface area contributed by atoms with Gasteiger partial charge in [0.15, 0.2) is 0 Å². The number of carbonyl (C=O) groups is 1. The van der Waals surface area contributed by atoms with Gasteiger partial charge in [-0.25, -0.2) is 9.18 Å². The molecule has 120 valence electrons. The van der Waals surface area contributed by atoms with Gasteiger partial charge in [-0.05, 0) is 22.3 Å². The minimum Gasteiger partial charge on any atom is -0.448 e. The molecule has 2 aromatic carbocycles. The van der Waals surface area contributed by atoms with E-state index in [2.05, 4.69) is 30.2 Å². The Balaban J connectivity index is 1.50. The summed E-state index contributed by atoms with van der Waals surface area (Å²) < 4.78 is 19.1. The first-order chi connectivity index (χ1) is 11.6. The van der Waals surface area contributed by atoms with Crippen molar-refractivity contribution in [1.82, 2.24) is 4.90 Å². The predicted octanol–water partition coefficient (Wildman–Crippen LogP) is 3.59. The molecule has 4 rings (SSSR count). The molecule has 1 saturated heterocycles. The number of fused-ring (bicyclic) bond motifs is 3. The largest absolute Gasteiger partial charge is 0.448 e. The summed E-state index contributed by atoms with van der Waals surface area (Å²) in [6.07, 6.45) is 4.59. The van der Waals surface area contributed by atoms with Gasteiger partial charge in [0.1, 0.15) is 6.61 Å². The fraction of sp³-hybridized carbons (Fsp3) is 0.250. The second-order valence-corrected chi connectivity index (χ2v) is 6.27. The third-order valence-electron chi connectivity index (χ3n) is 4.74. The molecular formula is C20H16FNO2. The van der Waals surface area contributed by atoms with E-state index < -0.39 is 11.8 Å². The van der Waals surface area contributed by atoms with Gasteiger partial charge >= 0.3 is 6.09 Å². The van der Waals surface area contributed by atoms with E-state index in [0.29, 0.717) is 0 Å². The normalized spacial score (nSPS) is 17.4. The number of terminal acetylenes is 1. The van der Waals surface area contributed by atoms with E-state index in [1.807, 2.05) is 24.3 Å². The molecular weight excluding hydrogens is 305 g/mol. The molecule has 0 unspecified atom stereocenters. The number of likely N-dealkylation sites (tertiary alicyclic amines) is 1. The van der Waals surface area contributed by atoms with Gasteiger partial charge in [-0.1, -0.05) is 54.5 Å². The van der Waals surface area contributed by atoms with Gasteiger partial charge in [0, 0.05) is 5.92 Å². The van der Waals surface area contributed by atoms with Crippen molar-refractivity contribution in [3.63, 3.8) is 0 Å². The first kappa shape index (κ1) is 14.8. The molecule has 1 aliphatic heterocycles. The molecule has 4 heteroatoms. The number of carbonyl (C=O) groups excluding carboxylic acids is 1. The van der Waals surface area contributed by atoms with Crippen molar-refractivity contribution < 1.29 is 13.9 Å². The van der Waals surface area contributed by atoms with Crippen LogP contribution in [0, 0.1) is 12.3 Å². The van der Waals surface area contributed by atoms with Crippen LogP contribution >= 0.6 is 0 Å². The number of benzene rings is 2. The maximum atomic E-state index is 13.7. The molecule has 0 bridgehead atoms. The second kappa shape index (κ2) is 5.38. The number of hydrogen-bond donors (Lipinski definition) is 0. The molecule has 0 atom stereocenters. The van der Waals surface area contributed by atoms with Crippen molar-refractivity contribution in [3.05, 3.63) is 59.7 Å². The Kier molecular flexibility index (Phi) is 3.31. The van der Waals surface area contributed by atoms with E-state index in [1.54, 1.807) is 0 Å². The van der Waals surface area contributed by atoms with E-state index in [4.69, 9.17) is 11.2 Å². The van der Waals surface area contributed by atoms with Crippen LogP contribution in [0.4, 0.5) is 9.18 Å². The SMILES string of the molecule is C#CC1(F)CN(C(=O)OCC2c3ccccc3-c3ccccc32)C1. The molecule has 0 N–H and O–H groups in total. The zero-order chi connectivity index (χ0) is 16.7. The number of halogens is 1. The third kappa shape index (κ3) is 2.25. The molecule has 1 fully saturated rings. The smallest absolute Gasteiger partial charge is 0.410 e. The van der Waals surface area contributed by atoms with Crippen LogP contribution in [0.5, 0.6) is 0 Å². The minimum atomic E-state index is -1.70. The third-order valence-corrected chi connectivity index (χ3v) is 4.74. The van der Waals surface area contributed by atoms with Gasteiger partial charge in [0.25, 0.3) is 0 Å². The first-order valence-corrected chi connectivity index (χ1v) is 7.88. The van der Waals surface area contributed by atoms with Crippen molar-refractivity contribution in [3.8, 4) is 23.5 Å². The summed E-state index contributed by atoms with van der Waals surface area (Å²) in [6.45, 7) is 0.0407. The van der Waals surface area contributed by atoms with E-state index >= 15 is 0 Å². The fourth-order valence-corrected chi connectivity index (χ4v) is 3.46. The van der Waals surface area contributed by atoms with Crippen LogP contribution < -0.4 is 0 Å². The lowest BCUT2D eigenvalue weighted by molar-refractivity contribution is 0.00494. The summed E-state index contributed by atoms with van der Waals surface area (Å²) in [6, 6.07) is 16.3. The summed E-state index contributed by atoms with van der Waals surface area (Å²) in [5, 5.41) is 0. The Bertz CT molecular complexity index is 803. The summed E-state index contributed by atoms with van der Waals surface area (Å²) in [5.41, 5.74) is 2.95. The van der Waals surface area contributed by atoms with Crippen LogP contribution in [0.25, 0.3) is 11.1 Å². The lowest BCUT2D eigenvalue weighted by atomic mass is 9.98. The molecule has 0 aromatic heterocycles. The van der Waals surface area contributed by atoms with Crippen LogP contribution in [-0.4, -0.2) is 36.4 Å². The molecule has 1 heterocycles. The molecule has 24 heavy (non-hydrogen) atoms. The van der Waals surface area contributed by atoms with Crippen LogP contribution in [-0.2, 0) is 4.74 Å². The first-order valence-electron chi connectivity index (χ1n) is 7.88. The highest BCUT2D eigenvalue weighted by Gasteiger charge is 2.45. The average molecular weight is 321 g/mol. The number of amides is 1. The van der Waals surface area contributed by atoms with E-state index in [0.717, 1.165) is 11.1 Å². The minimum absolute atomic E-state index is 0.00499. The maximum Gasteiger partial charge on any atom is 0.410 e. The van der Waals surface area contributed by atoms with Crippen LogP contribution in [0.2, 0.25) is 0 Å². The highest BCUT2D eigenvalue weighted by Crippen LogP contribution is 2.44. The summed E-state index contributed by atoms with van der Waals surface area (Å²) in [7, 11) is 0. The van der Waals surface area contributed by atoms with Crippen LogP contribution in [0.1, 0.15) is 17.0 Å². The maximum absolute atomic E-state index is 13.7. The Morgan fingerprint density at radius 2 is 1.71 bits per heavy atom. The predicted molar refractivity (Wildman–Crippen MR) is 89.3 cm³/mol. The number of rotatable bonds is 2. The zero-order valence-electron chi connectivity index (χ0n) is 13.0. The Labute approximate surface area is 140 Å². The second-order valence-electron chi connectivity index (χ2n) is 6.27. The molecule has 2 aliphatic rings. The van der Waals surface area contributed by atoms with E-state index in [1.165, 1.54) is 16.0 Å². The van der Waals surface area contributed by atoms with Crippen molar-refractivity contribution in [1.29, 1.82) is 0 Å². The van der Waals surface area contributed by atoms with Crippen molar-refractivity contribution in [2.75, 3.05) is 19.7 Å². The van der Waals surface area contributed by atoms with Crippen molar-refractivity contribution in [2.45, 2.75) is 11.6 Å². The monoisotopic (exact) mass is 321 g/mol.